The number of rotatable bonds is 10. The summed E-state index contributed by atoms with van der Waals surface area (Å²) in [4.78, 5) is 60.3. The number of carboxylic acid groups (broad SMARTS) is 1. The van der Waals surface area contributed by atoms with Gasteiger partial charge >= 0.3 is 17.8 Å². The van der Waals surface area contributed by atoms with Crippen LogP contribution in [0.1, 0.15) is 11.8 Å². The van der Waals surface area contributed by atoms with E-state index in [4.69, 9.17) is 16.2 Å². The largest absolute Gasteiger partial charge is 0.480 e. The first kappa shape index (κ1) is 27.9. The van der Waals surface area contributed by atoms with Crippen molar-refractivity contribution in [1.82, 2.24) is 14.9 Å². The standard InChI is InChI=1S/C17H25N5O13/c18-6(8(25)5(24)3-34-16(19)32)13(29)20-7(15(30)31)11-9(26)10(27)14(35-11)22-1-4(2-23)12(28)21-17(22)33/h1,5-11,14,23-27H,2-3,18H2,(H2,19,32)(H,20,29)(H,30,31)(H,21,28,33)/t5?,6?,7?,8?,9-,10+,11+,14+/m0/s1. The molecule has 0 aromatic carbocycles. The highest BCUT2D eigenvalue weighted by Gasteiger charge is 2.50. The lowest BCUT2D eigenvalue weighted by molar-refractivity contribution is -0.150. The van der Waals surface area contributed by atoms with Gasteiger partial charge < -0.3 is 56.9 Å². The first-order chi connectivity index (χ1) is 16.3. The quantitative estimate of drug-likeness (QED) is 0.141. The van der Waals surface area contributed by atoms with Crippen molar-refractivity contribution in [2.24, 2.45) is 11.5 Å². The smallest absolute Gasteiger partial charge is 0.404 e. The van der Waals surface area contributed by atoms with Crippen LogP contribution in [0.2, 0.25) is 0 Å². The van der Waals surface area contributed by atoms with Gasteiger partial charge in [0.2, 0.25) is 5.91 Å². The molecule has 2 heterocycles. The number of carboxylic acids is 1. The Kier molecular flexibility index (Phi) is 9.04. The van der Waals surface area contributed by atoms with Gasteiger partial charge in [0.1, 0.15) is 43.2 Å². The van der Waals surface area contributed by atoms with Crippen molar-refractivity contribution in [2.45, 2.75) is 55.4 Å². The van der Waals surface area contributed by atoms with E-state index in [2.05, 4.69) is 4.74 Å². The number of carbonyl (C=O) groups is 3. The molecule has 35 heavy (non-hydrogen) atoms. The zero-order valence-corrected chi connectivity index (χ0v) is 17.8. The Morgan fingerprint density at radius 1 is 1.23 bits per heavy atom. The fourth-order valence-electron chi connectivity index (χ4n) is 3.21. The number of ether oxygens (including phenoxy) is 2. The van der Waals surface area contributed by atoms with Gasteiger partial charge in [-0.3, -0.25) is 19.1 Å². The summed E-state index contributed by atoms with van der Waals surface area (Å²) in [5.74, 6) is -3.13. The van der Waals surface area contributed by atoms with Crippen LogP contribution in [0, 0.1) is 0 Å². The molecule has 0 radical (unpaired) electrons. The van der Waals surface area contributed by atoms with E-state index in [-0.39, 0.29) is 5.56 Å². The van der Waals surface area contributed by atoms with Gasteiger partial charge in [-0.1, -0.05) is 0 Å². The normalized spacial score (nSPS) is 25.3. The van der Waals surface area contributed by atoms with E-state index in [0.717, 1.165) is 6.20 Å². The van der Waals surface area contributed by atoms with E-state index < -0.39 is 91.3 Å². The van der Waals surface area contributed by atoms with Crippen molar-refractivity contribution >= 4 is 18.0 Å². The Morgan fingerprint density at radius 3 is 2.40 bits per heavy atom. The van der Waals surface area contributed by atoms with Gasteiger partial charge in [-0.2, -0.15) is 0 Å². The number of primary amides is 1. The molecule has 1 fully saturated rings. The lowest BCUT2D eigenvalue weighted by atomic mass is 10.0. The van der Waals surface area contributed by atoms with Crippen LogP contribution in [-0.2, 0) is 25.7 Å². The number of hydrogen-bond donors (Lipinski definition) is 10. The molecule has 18 heteroatoms. The highest BCUT2D eigenvalue weighted by molar-refractivity contribution is 5.87. The Labute approximate surface area is 194 Å². The maximum atomic E-state index is 12.4. The number of nitrogens with one attached hydrogen (secondary N) is 2. The number of carbonyl (C=O) groups excluding carboxylic acids is 2. The van der Waals surface area contributed by atoms with Gasteiger partial charge in [-0.05, 0) is 0 Å². The lowest BCUT2D eigenvalue weighted by Crippen LogP contribution is -2.60. The topological polar surface area (TPSA) is 310 Å². The number of aliphatic carboxylic acids is 1. The van der Waals surface area contributed by atoms with E-state index in [0.29, 0.717) is 4.57 Å². The van der Waals surface area contributed by atoms with E-state index in [1.54, 1.807) is 0 Å². The molecule has 8 atom stereocenters. The van der Waals surface area contributed by atoms with Crippen molar-refractivity contribution in [3.05, 3.63) is 32.6 Å². The molecular formula is C17H25N5O13. The highest BCUT2D eigenvalue weighted by atomic mass is 16.6. The van der Waals surface area contributed by atoms with Crippen molar-refractivity contribution in [3.8, 4) is 0 Å². The predicted octanol–water partition coefficient (Wildman–Crippen LogP) is -6.64. The summed E-state index contributed by atoms with van der Waals surface area (Å²) in [6, 6.07) is -4.05. The van der Waals surface area contributed by atoms with E-state index >= 15 is 0 Å². The number of H-pyrrole nitrogens is 1. The molecule has 1 aromatic rings. The summed E-state index contributed by atoms with van der Waals surface area (Å²) in [5.41, 5.74) is 7.89. The Morgan fingerprint density at radius 2 is 1.86 bits per heavy atom. The van der Waals surface area contributed by atoms with Gasteiger partial charge in [-0.15, -0.1) is 0 Å². The summed E-state index contributed by atoms with van der Waals surface area (Å²) in [6.45, 7) is -1.63. The van der Waals surface area contributed by atoms with Crippen LogP contribution in [0.15, 0.2) is 15.8 Å². The lowest BCUT2D eigenvalue weighted by Gasteiger charge is -2.27. The third kappa shape index (κ3) is 6.19. The Balaban J connectivity index is 2.22. The van der Waals surface area contributed by atoms with Gasteiger partial charge in [0.15, 0.2) is 12.3 Å². The van der Waals surface area contributed by atoms with E-state index in [9.17, 15) is 54.6 Å². The van der Waals surface area contributed by atoms with Gasteiger partial charge in [0.05, 0.1) is 12.2 Å². The van der Waals surface area contributed by atoms with Crippen molar-refractivity contribution in [1.29, 1.82) is 0 Å². The summed E-state index contributed by atoms with van der Waals surface area (Å²) in [5, 5.41) is 61.0. The van der Waals surface area contributed by atoms with Crippen LogP contribution in [0.25, 0.3) is 0 Å². The SMILES string of the molecule is NC(=O)OCC(O)C(O)C(N)C(=O)NC(C(=O)O)[C@H]1O[C@@H](n2cc(CO)c(=O)[nH]c2=O)[C@H](O)[C@@H]1O. The number of aliphatic hydroxyl groups is 5. The van der Waals surface area contributed by atoms with Gasteiger partial charge in [-0.25, -0.2) is 14.4 Å². The number of aromatic nitrogens is 2. The molecule has 1 aliphatic heterocycles. The second-order valence-corrected chi connectivity index (χ2v) is 7.49. The zero-order valence-electron chi connectivity index (χ0n) is 17.8. The van der Waals surface area contributed by atoms with Crippen molar-refractivity contribution < 1.29 is 54.5 Å². The van der Waals surface area contributed by atoms with Gasteiger partial charge in [0.25, 0.3) is 5.56 Å². The molecule has 196 valence electrons. The van der Waals surface area contributed by atoms with E-state index in [1.165, 1.54) is 0 Å². The number of aliphatic hydroxyl groups excluding tert-OH is 5. The molecule has 2 amide bonds. The second-order valence-electron chi connectivity index (χ2n) is 7.49. The van der Waals surface area contributed by atoms with Crippen LogP contribution < -0.4 is 28.0 Å². The summed E-state index contributed by atoms with van der Waals surface area (Å²) in [6.07, 6.45) is -11.9. The van der Waals surface area contributed by atoms with Crippen LogP contribution in [0.4, 0.5) is 4.79 Å². The minimum Gasteiger partial charge on any atom is -0.480 e. The maximum Gasteiger partial charge on any atom is 0.404 e. The predicted molar refractivity (Wildman–Crippen MR) is 108 cm³/mol. The average Bonchev–Trinajstić information content (AvgIpc) is 3.08. The maximum absolute atomic E-state index is 12.4. The Bertz CT molecular complexity index is 1060. The monoisotopic (exact) mass is 507 g/mol. The summed E-state index contributed by atoms with van der Waals surface area (Å²) >= 11 is 0. The molecule has 0 saturated carbocycles. The average molecular weight is 507 g/mol. The zero-order chi connectivity index (χ0) is 26.6. The molecule has 12 N–H and O–H groups in total. The minimum atomic E-state index is -2.09. The number of amides is 2. The molecule has 1 aliphatic rings. The number of hydrogen-bond acceptors (Lipinski definition) is 13. The first-order valence-corrected chi connectivity index (χ1v) is 9.84. The van der Waals surface area contributed by atoms with Crippen LogP contribution in [-0.4, -0.2) is 107 Å². The first-order valence-electron chi connectivity index (χ1n) is 9.84. The summed E-state index contributed by atoms with van der Waals surface area (Å²) < 4.78 is 10.2. The molecule has 2 rings (SSSR count). The van der Waals surface area contributed by atoms with Crippen molar-refractivity contribution in [2.75, 3.05) is 6.61 Å². The number of aromatic amines is 1. The molecule has 18 nitrogen and oxygen atoms in total. The van der Waals surface area contributed by atoms with Crippen LogP contribution in [0.3, 0.4) is 0 Å². The minimum absolute atomic E-state index is 0.305. The number of nitrogens with zero attached hydrogens (tertiary/aromatic N) is 1. The fourth-order valence-corrected chi connectivity index (χ4v) is 3.21. The molecule has 1 saturated heterocycles. The second kappa shape index (κ2) is 11.4. The summed E-state index contributed by atoms with van der Waals surface area (Å²) in [7, 11) is 0. The molecule has 0 aliphatic carbocycles. The molecular weight excluding hydrogens is 482 g/mol. The van der Waals surface area contributed by atoms with Crippen molar-refractivity contribution in [3.63, 3.8) is 0 Å². The third-order valence-electron chi connectivity index (χ3n) is 5.11. The van der Waals surface area contributed by atoms with Crippen LogP contribution >= 0.6 is 0 Å². The highest BCUT2D eigenvalue weighted by Crippen LogP contribution is 2.30. The Hall–Kier alpha value is -3.39. The third-order valence-corrected chi connectivity index (χ3v) is 5.11. The van der Waals surface area contributed by atoms with Gasteiger partial charge in [0, 0.05) is 6.20 Å². The molecule has 0 spiro atoms. The van der Waals surface area contributed by atoms with E-state index in [1.807, 2.05) is 10.3 Å². The van der Waals surface area contributed by atoms with Crippen LogP contribution in [0.5, 0.6) is 0 Å². The molecule has 4 unspecified atom stereocenters. The molecule has 1 aromatic heterocycles. The molecule has 0 bridgehead atoms. The number of nitrogens with two attached hydrogens (primary N) is 2. The fraction of sp³-hybridized carbons (Fsp3) is 0.588.